The molecule has 1 atom stereocenters. The zero-order valence-corrected chi connectivity index (χ0v) is 12.5. The van der Waals surface area contributed by atoms with Gasteiger partial charge in [0.05, 0.1) is 6.04 Å². The molecular formula is C18H21N3O. The van der Waals surface area contributed by atoms with Gasteiger partial charge in [0.2, 0.25) is 5.91 Å². The SMILES string of the molecule is NC(=O)c1ccc([C@@H](c2ccccc2)N2CCNCC2)cc1. The minimum Gasteiger partial charge on any atom is -0.366 e. The van der Waals surface area contributed by atoms with Gasteiger partial charge in [0.25, 0.3) is 0 Å². The lowest BCUT2D eigenvalue weighted by Crippen LogP contribution is -2.45. The van der Waals surface area contributed by atoms with Crippen molar-refractivity contribution in [2.24, 2.45) is 5.73 Å². The first kappa shape index (κ1) is 14.8. The maximum Gasteiger partial charge on any atom is 0.248 e. The van der Waals surface area contributed by atoms with E-state index in [1.807, 2.05) is 30.3 Å². The molecule has 4 nitrogen and oxygen atoms in total. The van der Waals surface area contributed by atoms with Crippen LogP contribution in [-0.4, -0.2) is 37.0 Å². The molecule has 1 heterocycles. The van der Waals surface area contributed by atoms with Crippen LogP contribution in [0.25, 0.3) is 0 Å². The van der Waals surface area contributed by atoms with Gasteiger partial charge in [0.15, 0.2) is 0 Å². The molecule has 0 saturated carbocycles. The van der Waals surface area contributed by atoms with Crippen LogP contribution in [-0.2, 0) is 0 Å². The molecule has 0 spiro atoms. The molecule has 1 amide bonds. The van der Waals surface area contributed by atoms with E-state index in [0.717, 1.165) is 26.2 Å². The van der Waals surface area contributed by atoms with Crippen molar-refractivity contribution in [1.82, 2.24) is 10.2 Å². The van der Waals surface area contributed by atoms with Crippen LogP contribution >= 0.6 is 0 Å². The van der Waals surface area contributed by atoms with E-state index in [0.29, 0.717) is 5.56 Å². The molecule has 3 rings (SSSR count). The van der Waals surface area contributed by atoms with Crippen molar-refractivity contribution in [3.63, 3.8) is 0 Å². The second-order valence-corrected chi connectivity index (χ2v) is 5.59. The van der Waals surface area contributed by atoms with Crippen molar-refractivity contribution in [2.75, 3.05) is 26.2 Å². The number of primary amides is 1. The topological polar surface area (TPSA) is 58.4 Å². The van der Waals surface area contributed by atoms with Crippen LogP contribution in [0.15, 0.2) is 54.6 Å². The normalized spacial score (nSPS) is 17.1. The van der Waals surface area contributed by atoms with E-state index in [-0.39, 0.29) is 11.9 Å². The molecule has 0 aliphatic carbocycles. The minimum absolute atomic E-state index is 0.213. The summed E-state index contributed by atoms with van der Waals surface area (Å²) in [5.74, 6) is -0.384. The fourth-order valence-corrected chi connectivity index (χ4v) is 3.02. The number of hydrogen-bond acceptors (Lipinski definition) is 3. The minimum atomic E-state index is -0.384. The third-order valence-electron chi connectivity index (χ3n) is 4.14. The molecule has 114 valence electrons. The Labute approximate surface area is 130 Å². The largest absolute Gasteiger partial charge is 0.366 e. The molecule has 2 aromatic carbocycles. The highest BCUT2D eigenvalue weighted by Gasteiger charge is 2.23. The Balaban J connectivity index is 1.95. The molecule has 0 aromatic heterocycles. The Hall–Kier alpha value is -2.17. The molecular weight excluding hydrogens is 274 g/mol. The van der Waals surface area contributed by atoms with Gasteiger partial charge in [0, 0.05) is 31.7 Å². The molecule has 3 N–H and O–H groups in total. The summed E-state index contributed by atoms with van der Waals surface area (Å²) in [6.45, 7) is 4.03. The van der Waals surface area contributed by atoms with Gasteiger partial charge in [-0.15, -0.1) is 0 Å². The molecule has 0 unspecified atom stereocenters. The van der Waals surface area contributed by atoms with E-state index in [1.54, 1.807) is 0 Å². The van der Waals surface area contributed by atoms with Crippen molar-refractivity contribution < 1.29 is 4.79 Å². The van der Waals surface area contributed by atoms with E-state index < -0.39 is 0 Å². The van der Waals surface area contributed by atoms with Crippen LogP contribution in [0, 0.1) is 0 Å². The average Bonchev–Trinajstić information content (AvgIpc) is 2.57. The predicted octanol–water partition coefficient (Wildman–Crippen LogP) is 1.78. The van der Waals surface area contributed by atoms with Crippen LogP contribution in [0.4, 0.5) is 0 Å². The molecule has 1 saturated heterocycles. The van der Waals surface area contributed by atoms with Crippen molar-refractivity contribution in [1.29, 1.82) is 0 Å². The number of nitrogens with one attached hydrogen (secondary N) is 1. The van der Waals surface area contributed by atoms with E-state index in [1.165, 1.54) is 11.1 Å². The zero-order chi connectivity index (χ0) is 15.4. The van der Waals surface area contributed by atoms with Crippen molar-refractivity contribution in [2.45, 2.75) is 6.04 Å². The Morgan fingerprint density at radius 2 is 1.55 bits per heavy atom. The molecule has 0 bridgehead atoms. The number of rotatable bonds is 4. The predicted molar refractivity (Wildman–Crippen MR) is 87.7 cm³/mol. The zero-order valence-electron chi connectivity index (χ0n) is 12.5. The van der Waals surface area contributed by atoms with Crippen LogP contribution in [0.2, 0.25) is 0 Å². The van der Waals surface area contributed by atoms with Gasteiger partial charge in [-0.2, -0.15) is 0 Å². The number of nitrogens with zero attached hydrogens (tertiary/aromatic N) is 1. The van der Waals surface area contributed by atoms with Crippen LogP contribution in [0.3, 0.4) is 0 Å². The van der Waals surface area contributed by atoms with Crippen molar-refractivity contribution in [3.8, 4) is 0 Å². The van der Waals surface area contributed by atoms with Gasteiger partial charge in [0.1, 0.15) is 0 Å². The maximum atomic E-state index is 11.3. The summed E-state index contributed by atoms with van der Waals surface area (Å²) in [5.41, 5.74) is 8.35. The smallest absolute Gasteiger partial charge is 0.248 e. The number of benzene rings is 2. The number of amides is 1. The summed E-state index contributed by atoms with van der Waals surface area (Å²) >= 11 is 0. The lowest BCUT2D eigenvalue weighted by atomic mass is 9.95. The first-order valence-corrected chi connectivity index (χ1v) is 7.65. The molecule has 2 aromatic rings. The third-order valence-corrected chi connectivity index (χ3v) is 4.14. The Kier molecular flexibility index (Phi) is 4.51. The standard InChI is InChI=1S/C18H21N3O/c19-18(22)16-8-6-15(7-9-16)17(14-4-2-1-3-5-14)21-12-10-20-11-13-21/h1-9,17,20H,10-13H2,(H2,19,22)/t17-/m1/s1. The van der Waals surface area contributed by atoms with Crippen LogP contribution in [0.1, 0.15) is 27.5 Å². The second kappa shape index (κ2) is 6.73. The number of nitrogens with two attached hydrogens (primary N) is 1. The van der Waals surface area contributed by atoms with Crippen LogP contribution in [0.5, 0.6) is 0 Å². The average molecular weight is 295 g/mol. The highest BCUT2D eigenvalue weighted by molar-refractivity contribution is 5.92. The molecule has 22 heavy (non-hydrogen) atoms. The van der Waals surface area contributed by atoms with Gasteiger partial charge in [-0.05, 0) is 23.3 Å². The second-order valence-electron chi connectivity index (χ2n) is 5.59. The number of hydrogen-bond donors (Lipinski definition) is 2. The summed E-state index contributed by atoms with van der Waals surface area (Å²) in [6, 6.07) is 18.4. The van der Waals surface area contributed by atoms with Gasteiger partial charge in [-0.25, -0.2) is 0 Å². The lowest BCUT2D eigenvalue weighted by molar-refractivity contribution is 0.1000. The highest BCUT2D eigenvalue weighted by atomic mass is 16.1. The summed E-state index contributed by atoms with van der Waals surface area (Å²) in [4.78, 5) is 13.7. The maximum absolute atomic E-state index is 11.3. The summed E-state index contributed by atoms with van der Waals surface area (Å²) in [6.07, 6.45) is 0. The highest BCUT2D eigenvalue weighted by Crippen LogP contribution is 2.29. The van der Waals surface area contributed by atoms with E-state index >= 15 is 0 Å². The first-order chi connectivity index (χ1) is 10.8. The van der Waals surface area contributed by atoms with E-state index in [9.17, 15) is 4.79 Å². The van der Waals surface area contributed by atoms with Gasteiger partial charge < -0.3 is 11.1 Å². The van der Waals surface area contributed by atoms with Crippen molar-refractivity contribution in [3.05, 3.63) is 71.3 Å². The molecule has 1 fully saturated rings. The van der Waals surface area contributed by atoms with E-state index in [4.69, 9.17) is 5.73 Å². The van der Waals surface area contributed by atoms with E-state index in [2.05, 4.69) is 34.5 Å². The van der Waals surface area contributed by atoms with Gasteiger partial charge in [-0.3, -0.25) is 9.69 Å². The summed E-state index contributed by atoms with van der Waals surface area (Å²) in [7, 11) is 0. The monoisotopic (exact) mass is 295 g/mol. The van der Waals surface area contributed by atoms with Gasteiger partial charge >= 0.3 is 0 Å². The van der Waals surface area contributed by atoms with Crippen molar-refractivity contribution >= 4 is 5.91 Å². The van der Waals surface area contributed by atoms with Crippen LogP contribution < -0.4 is 11.1 Å². The molecule has 4 heteroatoms. The molecule has 1 aliphatic rings. The Bertz CT molecular complexity index is 619. The first-order valence-electron chi connectivity index (χ1n) is 7.65. The van der Waals surface area contributed by atoms with Gasteiger partial charge in [-0.1, -0.05) is 42.5 Å². The molecule has 1 aliphatic heterocycles. The lowest BCUT2D eigenvalue weighted by Gasteiger charge is -2.35. The quantitative estimate of drug-likeness (QED) is 0.904. The summed E-state index contributed by atoms with van der Waals surface area (Å²) in [5, 5.41) is 3.39. The third kappa shape index (κ3) is 3.18. The fraction of sp³-hybridized carbons (Fsp3) is 0.278. The Morgan fingerprint density at radius 1 is 0.955 bits per heavy atom. The summed E-state index contributed by atoms with van der Waals surface area (Å²) < 4.78 is 0. The number of carbonyl (C=O) groups is 1. The fourth-order valence-electron chi connectivity index (χ4n) is 3.02. The number of carbonyl (C=O) groups excluding carboxylic acids is 1. The molecule has 0 radical (unpaired) electrons. The number of piperazine rings is 1. The Morgan fingerprint density at radius 3 is 2.14 bits per heavy atom.